The number of anilines is 1. The van der Waals surface area contributed by atoms with Gasteiger partial charge in [0.15, 0.2) is 0 Å². The van der Waals surface area contributed by atoms with Crippen molar-refractivity contribution in [3.63, 3.8) is 0 Å². The van der Waals surface area contributed by atoms with Crippen molar-refractivity contribution in [1.29, 1.82) is 0 Å². The van der Waals surface area contributed by atoms with E-state index in [-0.39, 0.29) is 66.1 Å². The second-order valence-corrected chi connectivity index (χ2v) is 10.9. The molecule has 0 bridgehead atoms. The lowest BCUT2D eigenvalue weighted by Gasteiger charge is -2.32. The van der Waals surface area contributed by atoms with Crippen molar-refractivity contribution in [2.75, 3.05) is 31.1 Å². The largest absolute Gasteiger partial charge is 0.477 e. The summed E-state index contributed by atoms with van der Waals surface area (Å²) in [6, 6.07) is 8.42. The minimum atomic E-state index is -5.02. The number of nitrogens with two attached hydrogens (primary N) is 1. The fourth-order valence-corrected chi connectivity index (χ4v) is 5.43. The number of aryl methyl sites for hydroxylation is 1. The van der Waals surface area contributed by atoms with Gasteiger partial charge in [0, 0.05) is 37.7 Å². The molecule has 2 aliphatic rings. The minimum absolute atomic E-state index is 0.00542. The first-order chi connectivity index (χ1) is 20.7. The number of rotatable bonds is 5. The van der Waals surface area contributed by atoms with E-state index < -0.39 is 35.9 Å². The van der Waals surface area contributed by atoms with Crippen LogP contribution in [0.3, 0.4) is 0 Å². The Morgan fingerprint density at radius 1 is 0.977 bits per heavy atom. The number of hydrogen-bond acceptors (Lipinski definition) is 6. The molecule has 0 saturated carbocycles. The monoisotopic (exact) mass is 621 g/mol. The predicted molar refractivity (Wildman–Crippen MR) is 148 cm³/mol. The van der Waals surface area contributed by atoms with E-state index in [1.807, 2.05) is 17.9 Å². The molecule has 3 aromatic rings. The normalized spacial score (nSPS) is 16.7. The van der Waals surface area contributed by atoms with Gasteiger partial charge in [0.1, 0.15) is 5.56 Å². The summed E-state index contributed by atoms with van der Waals surface area (Å²) in [6.07, 6.45) is -8.82. The second-order valence-electron chi connectivity index (χ2n) is 10.9. The number of alkyl halides is 6. The highest BCUT2D eigenvalue weighted by Gasteiger charge is 2.38. The highest BCUT2D eigenvalue weighted by Crippen LogP contribution is 2.38. The summed E-state index contributed by atoms with van der Waals surface area (Å²) in [7, 11) is 0. The van der Waals surface area contributed by atoms with Crippen molar-refractivity contribution >= 4 is 17.8 Å². The van der Waals surface area contributed by atoms with E-state index in [4.69, 9.17) is 15.5 Å². The standard InChI is InChI=1S/C30H29F6N5O3/c1-17-5-2-3-6-22(17)24-23-26(39-28(38-24)40-10-7-19(8-11-40)25(37)42)44-12-4-9-41(27(23)43)16-18-13-20(29(31,32)33)15-21(14-18)30(34,35)36/h2-3,5-6,13-15,19H,4,7-12,16H2,1H3,(H2,37,42). The molecule has 0 unspecified atom stereocenters. The number of halogens is 6. The number of ether oxygens (including phenoxy) is 1. The molecule has 14 heteroatoms. The predicted octanol–water partition coefficient (Wildman–Crippen LogP) is 5.62. The molecular formula is C30H29F6N5O3. The van der Waals surface area contributed by atoms with E-state index >= 15 is 0 Å². The number of carbonyl (C=O) groups is 2. The second kappa shape index (κ2) is 12.0. The fraction of sp³-hybridized carbons (Fsp3) is 0.400. The molecule has 8 nitrogen and oxygen atoms in total. The van der Waals surface area contributed by atoms with E-state index in [9.17, 15) is 35.9 Å². The third-order valence-corrected chi connectivity index (χ3v) is 7.78. The summed E-state index contributed by atoms with van der Waals surface area (Å²) in [4.78, 5) is 38.1. The van der Waals surface area contributed by atoms with E-state index in [0.29, 0.717) is 43.6 Å². The average Bonchev–Trinajstić information content (AvgIpc) is 2.96. The van der Waals surface area contributed by atoms with Crippen LogP contribution in [0.2, 0.25) is 0 Å². The third kappa shape index (κ3) is 6.58. The molecule has 0 aliphatic carbocycles. The number of nitrogens with zero attached hydrogens (tertiary/aromatic N) is 4. The number of hydrogen-bond donors (Lipinski definition) is 1. The first kappa shape index (κ1) is 31.1. The summed E-state index contributed by atoms with van der Waals surface area (Å²) in [5.74, 6) is -1.14. The zero-order chi connectivity index (χ0) is 31.8. The molecule has 1 aromatic heterocycles. The fourth-order valence-electron chi connectivity index (χ4n) is 5.43. The maximum absolute atomic E-state index is 14.1. The van der Waals surface area contributed by atoms with Crippen LogP contribution in [0.25, 0.3) is 11.3 Å². The summed E-state index contributed by atoms with van der Waals surface area (Å²) < 4.78 is 87.1. The van der Waals surface area contributed by atoms with Gasteiger partial charge in [0.25, 0.3) is 5.91 Å². The Bertz CT molecular complexity index is 1540. The molecule has 0 radical (unpaired) electrons. The van der Waals surface area contributed by atoms with E-state index in [2.05, 4.69) is 4.98 Å². The Morgan fingerprint density at radius 2 is 1.61 bits per heavy atom. The van der Waals surface area contributed by atoms with Crippen LogP contribution < -0.4 is 15.4 Å². The first-order valence-corrected chi connectivity index (χ1v) is 13.9. The first-order valence-electron chi connectivity index (χ1n) is 13.9. The lowest BCUT2D eigenvalue weighted by molar-refractivity contribution is -0.143. The zero-order valence-electron chi connectivity index (χ0n) is 23.6. The summed E-state index contributed by atoms with van der Waals surface area (Å²) in [5.41, 5.74) is 3.75. The van der Waals surface area contributed by atoms with E-state index in [0.717, 1.165) is 5.56 Å². The number of primary amides is 1. The van der Waals surface area contributed by atoms with Crippen molar-refractivity contribution in [3.8, 4) is 17.1 Å². The Balaban J connectivity index is 1.58. The number of piperidine rings is 1. The number of amides is 2. The van der Waals surface area contributed by atoms with Crippen molar-refractivity contribution in [1.82, 2.24) is 14.9 Å². The van der Waals surface area contributed by atoms with Crippen LogP contribution in [0.15, 0.2) is 42.5 Å². The van der Waals surface area contributed by atoms with Crippen molar-refractivity contribution < 1.29 is 40.7 Å². The van der Waals surface area contributed by atoms with Gasteiger partial charge in [-0.2, -0.15) is 31.3 Å². The number of carbonyl (C=O) groups excluding carboxylic acids is 2. The quantitative estimate of drug-likeness (QED) is 0.372. The molecule has 234 valence electrons. The van der Waals surface area contributed by atoms with Crippen LogP contribution in [0.4, 0.5) is 32.3 Å². The van der Waals surface area contributed by atoms with Gasteiger partial charge >= 0.3 is 12.4 Å². The van der Waals surface area contributed by atoms with Gasteiger partial charge in [-0.05, 0) is 55.5 Å². The molecule has 2 N–H and O–H groups in total. The lowest BCUT2D eigenvalue weighted by atomic mass is 9.96. The van der Waals surface area contributed by atoms with Gasteiger partial charge in [0.05, 0.1) is 23.4 Å². The number of benzene rings is 2. The van der Waals surface area contributed by atoms with Gasteiger partial charge < -0.3 is 20.3 Å². The Labute approximate surface area is 248 Å². The molecule has 3 heterocycles. The zero-order valence-corrected chi connectivity index (χ0v) is 23.6. The van der Waals surface area contributed by atoms with E-state index in [1.54, 1.807) is 18.2 Å². The maximum Gasteiger partial charge on any atom is 0.416 e. The SMILES string of the molecule is Cc1ccccc1-c1nc(N2CCC(C(N)=O)CC2)nc2c1C(=O)N(Cc1cc(C(F)(F)F)cc(C(F)(F)F)c1)CCCO2. The molecule has 2 amide bonds. The molecular weight excluding hydrogens is 592 g/mol. The summed E-state index contributed by atoms with van der Waals surface area (Å²) in [6.45, 7) is 2.25. The van der Waals surface area contributed by atoms with Crippen LogP contribution in [0.1, 0.15) is 51.9 Å². The minimum Gasteiger partial charge on any atom is -0.477 e. The van der Waals surface area contributed by atoms with Crippen molar-refractivity contribution in [3.05, 3.63) is 70.3 Å². The molecule has 5 rings (SSSR count). The topological polar surface area (TPSA) is 102 Å². The summed E-state index contributed by atoms with van der Waals surface area (Å²) >= 11 is 0. The number of fused-ring (bicyclic) bond motifs is 1. The van der Waals surface area contributed by atoms with Crippen LogP contribution in [-0.4, -0.2) is 52.9 Å². The van der Waals surface area contributed by atoms with Gasteiger partial charge in [-0.25, -0.2) is 4.98 Å². The molecule has 0 atom stereocenters. The van der Waals surface area contributed by atoms with Crippen molar-refractivity contribution in [2.45, 2.75) is 45.1 Å². The molecule has 1 fully saturated rings. The highest BCUT2D eigenvalue weighted by atomic mass is 19.4. The van der Waals surface area contributed by atoms with Gasteiger partial charge in [0.2, 0.25) is 17.7 Å². The van der Waals surface area contributed by atoms with Crippen molar-refractivity contribution in [2.24, 2.45) is 11.7 Å². The smallest absolute Gasteiger partial charge is 0.416 e. The van der Waals surface area contributed by atoms with Gasteiger partial charge in [-0.3, -0.25) is 9.59 Å². The van der Waals surface area contributed by atoms with Crippen LogP contribution >= 0.6 is 0 Å². The molecule has 0 spiro atoms. The lowest BCUT2D eigenvalue weighted by Crippen LogP contribution is -2.40. The Morgan fingerprint density at radius 3 is 2.20 bits per heavy atom. The number of aromatic nitrogens is 2. The molecule has 1 saturated heterocycles. The average molecular weight is 622 g/mol. The van der Waals surface area contributed by atoms with Crippen LogP contribution in [0.5, 0.6) is 5.88 Å². The molecule has 2 aromatic carbocycles. The summed E-state index contributed by atoms with van der Waals surface area (Å²) in [5, 5.41) is 0. The molecule has 44 heavy (non-hydrogen) atoms. The maximum atomic E-state index is 14.1. The van der Waals surface area contributed by atoms with Crippen LogP contribution in [0, 0.1) is 12.8 Å². The molecule has 2 aliphatic heterocycles. The van der Waals surface area contributed by atoms with E-state index in [1.165, 1.54) is 4.90 Å². The van der Waals surface area contributed by atoms with Gasteiger partial charge in [-0.15, -0.1) is 0 Å². The third-order valence-electron chi connectivity index (χ3n) is 7.78. The van der Waals surface area contributed by atoms with Crippen LogP contribution in [-0.2, 0) is 23.7 Å². The Hall–Kier alpha value is -4.36. The Kier molecular flexibility index (Phi) is 8.45. The highest BCUT2D eigenvalue weighted by molar-refractivity contribution is 6.02. The van der Waals surface area contributed by atoms with Gasteiger partial charge in [-0.1, -0.05) is 24.3 Å².